The summed E-state index contributed by atoms with van der Waals surface area (Å²) in [5.41, 5.74) is 1.09. The number of ether oxygens (including phenoxy) is 2. The number of nitrogens with zero attached hydrogens (tertiary/aromatic N) is 9. The Bertz CT molecular complexity index is 3580. The summed E-state index contributed by atoms with van der Waals surface area (Å²) in [7, 11) is -6.79. The van der Waals surface area contributed by atoms with Crippen LogP contribution in [-0.2, 0) is 20.0 Å². The third-order valence-corrected chi connectivity index (χ3v) is 19.3. The fourth-order valence-electron chi connectivity index (χ4n) is 10.2. The van der Waals surface area contributed by atoms with Crippen molar-refractivity contribution in [1.29, 1.82) is 0 Å². The van der Waals surface area contributed by atoms with E-state index in [-0.39, 0.29) is 32.0 Å². The molecule has 2 aliphatic carbocycles. The first-order valence-corrected chi connectivity index (χ1v) is 33.6. The maximum atomic E-state index is 13.2. The Hall–Kier alpha value is -6.31. The summed E-state index contributed by atoms with van der Waals surface area (Å²) in [6.45, 7) is 17.7. The molecule has 0 radical (unpaired) electrons. The third kappa shape index (κ3) is 19.6. The molecule has 0 bridgehead atoms. The van der Waals surface area contributed by atoms with E-state index in [4.69, 9.17) is 32.7 Å². The van der Waals surface area contributed by atoms with Crippen molar-refractivity contribution in [2.45, 2.75) is 184 Å². The van der Waals surface area contributed by atoms with Crippen LogP contribution in [0.5, 0.6) is 11.8 Å². The van der Waals surface area contributed by atoms with Gasteiger partial charge in [-0.2, -0.15) is 21.2 Å². The summed E-state index contributed by atoms with van der Waals surface area (Å²) in [4.78, 5) is 43.2. The van der Waals surface area contributed by atoms with Crippen molar-refractivity contribution in [3.8, 4) is 23.4 Å². The van der Waals surface area contributed by atoms with Crippen LogP contribution in [-0.4, -0.2) is 118 Å². The number of carbonyl (C=O) groups is 2. The molecule has 2 aliphatic heterocycles. The zero-order valence-electron chi connectivity index (χ0n) is 50.9. The molecule has 21 nitrogen and oxygen atoms in total. The monoisotopic (exact) mass is 1280 g/mol. The summed E-state index contributed by atoms with van der Waals surface area (Å²) in [5.74, 6) is -0.860. The largest absolute Gasteiger partial charge is 0.477 e. The van der Waals surface area contributed by atoms with Gasteiger partial charge in [0.1, 0.15) is 16.1 Å². The Morgan fingerprint density at radius 3 is 1.52 bits per heavy atom. The molecule has 2 amide bonds. The molecule has 4 aliphatic rings. The highest BCUT2D eigenvalue weighted by atomic mass is 35.5. The third-order valence-electron chi connectivity index (χ3n) is 16.3. The quantitative estimate of drug-likeness (QED) is 0.0307. The van der Waals surface area contributed by atoms with E-state index in [2.05, 4.69) is 94.0 Å². The number of rotatable bonds is 25. The Morgan fingerprint density at radius 2 is 1.09 bits per heavy atom. The smallest absolute Gasteiger partial charge is 0.281 e. The van der Waals surface area contributed by atoms with E-state index in [1.807, 2.05) is 11.9 Å². The lowest BCUT2D eigenvalue weighted by Crippen LogP contribution is -2.37. The molecule has 2 atom stereocenters. The highest BCUT2D eigenvalue weighted by Gasteiger charge is 2.38. The average Bonchev–Trinajstić information content (AvgIpc) is 2.52. The van der Waals surface area contributed by atoms with Gasteiger partial charge in [-0.25, -0.2) is 38.7 Å². The molecular weight excluding hydrogens is 1200 g/mol. The molecule has 0 spiro atoms. The molecule has 6 aromatic heterocycles. The lowest BCUT2D eigenvalue weighted by atomic mass is 10.0. The van der Waals surface area contributed by atoms with Crippen LogP contribution in [0.25, 0.3) is 11.6 Å². The van der Waals surface area contributed by atoms with E-state index >= 15 is 0 Å². The Labute approximate surface area is 520 Å². The topological polar surface area (TPSA) is 259 Å². The van der Waals surface area contributed by atoms with Gasteiger partial charge in [0.15, 0.2) is 21.7 Å². The molecule has 0 aromatic carbocycles. The van der Waals surface area contributed by atoms with Crippen molar-refractivity contribution in [3.05, 3.63) is 113 Å². The average molecular weight is 1280 g/mol. The first-order valence-electron chi connectivity index (χ1n) is 29.8. The van der Waals surface area contributed by atoms with Crippen LogP contribution < -0.4 is 34.5 Å². The summed E-state index contributed by atoms with van der Waals surface area (Å²) in [6, 6.07) is 18.3. The van der Waals surface area contributed by atoms with Crippen molar-refractivity contribution in [2.75, 3.05) is 31.7 Å². The number of nitrogens with one attached hydrogen (secondary N) is 4. The molecule has 472 valence electrons. The number of carbonyl (C=O) groups excluding carboxylic acids is 2. The van der Waals surface area contributed by atoms with Crippen molar-refractivity contribution in [3.63, 3.8) is 0 Å². The first kappa shape index (κ1) is 66.6. The van der Waals surface area contributed by atoms with Crippen LogP contribution in [0.15, 0.2) is 95.2 Å². The van der Waals surface area contributed by atoms with Gasteiger partial charge in [-0.1, -0.05) is 75.4 Å². The van der Waals surface area contributed by atoms with Gasteiger partial charge in [0.2, 0.25) is 17.7 Å². The number of sulfonamides is 2. The van der Waals surface area contributed by atoms with Gasteiger partial charge in [0.25, 0.3) is 31.9 Å². The second-order valence-electron chi connectivity index (χ2n) is 25.1. The second-order valence-corrected chi connectivity index (χ2v) is 29.1. The minimum Gasteiger partial charge on any atom is -0.477 e. The van der Waals surface area contributed by atoms with Crippen molar-refractivity contribution < 1.29 is 40.3 Å². The number of aromatic nitrogens is 8. The van der Waals surface area contributed by atoms with Crippen molar-refractivity contribution >= 4 is 60.9 Å². The minimum absolute atomic E-state index is 0.0905. The van der Waals surface area contributed by atoms with E-state index in [9.17, 15) is 30.8 Å². The van der Waals surface area contributed by atoms with Crippen LogP contribution in [0, 0.1) is 16.8 Å². The molecule has 26 heteroatoms. The number of hydrogen-bond donors (Lipinski definition) is 4. The summed E-state index contributed by atoms with van der Waals surface area (Å²) in [6.07, 6.45) is 22.7. The van der Waals surface area contributed by atoms with Gasteiger partial charge in [-0.15, -0.1) is 10.2 Å². The van der Waals surface area contributed by atoms with Crippen LogP contribution in [0.1, 0.15) is 172 Å². The highest BCUT2D eigenvalue weighted by Crippen LogP contribution is 2.48. The van der Waals surface area contributed by atoms with Crippen LogP contribution in [0.4, 0.5) is 10.2 Å². The van der Waals surface area contributed by atoms with Crippen LogP contribution in [0.2, 0.25) is 10.3 Å². The SMILES string of the molecule is CC1(CCOc2ccn(-c3ccc(C(=O)NS(=O)(=O)c4cccc(F)n4)c(Cl)n3)n2)CC1.CCCCCC1CCC(C)(C)N1.CN(CCCC1CCC(C)(C)N1)c1cccc(S(=O)(=O)NC(=O)c2ccc(-n3ccc(OCCC4(C)CC4)n3)nc2Cl)n1. The van der Waals surface area contributed by atoms with Gasteiger partial charge in [0.05, 0.1) is 24.3 Å². The van der Waals surface area contributed by atoms with E-state index in [1.165, 1.54) is 110 Å². The molecule has 2 saturated carbocycles. The maximum Gasteiger partial charge on any atom is 0.281 e. The second kappa shape index (κ2) is 28.5. The van der Waals surface area contributed by atoms with Gasteiger partial charge >= 0.3 is 0 Å². The number of amides is 2. The normalized spacial score (nSPS) is 18.5. The lowest BCUT2D eigenvalue weighted by molar-refractivity contribution is 0.0972. The fourth-order valence-corrected chi connectivity index (χ4v) is 12.5. The molecule has 4 fully saturated rings. The van der Waals surface area contributed by atoms with E-state index in [1.54, 1.807) is 41.4 Å². The zero-order valence-corrected chi connectivity index (χ0v) is 54.1. The van der Waals surface area contributed by atoms with E-state index in [0.717, 1.165) is 63.2 Å². The summed E-state index contributed by atoms with van der Waals surface area (Å²) < 4.78 is 82.1. The molecule has 87 heavy (non-hydrogen) atoms. The predicted octanol–water partition coefficient (Wildman–Crippen LogP) is 11.0. The molecule has 8 heterocycles. The summed E-state index contributed by atoms with van der Waals surface area (Å²) >= 11 is 12.4. The van der Waals surface area contributed by atoms with Crippen molar-refractivity contribution in [1.82, 2.24) is 59.6 Å². The number of pyridine rings is 4. The number of halogens is 3. The number of unbranched alkanes of at least 4 members (excludes halogenated alkanes) is 2. The van der Waals surface area contributed by atoms with Crippen molar-refractivity contribution in [2.24, 2.45) is 10.8 Å². The Kier molecular flexibility index (Phi) is 21.8. The van der Waals surface area contributed by atoms with E-state index in [0.29, 0.717) is 64.8 Å². The summed E-state index contributed by atoms with van der Waals surface area (Å²) in [5, 5.41) is 14.7. The maximum absolute atomic E-state index is 13.2. The Balaban J connectivity index is 0.000000195. The van der Waals surface area contributed by atoms with Gasteiger partial charge < -0.3 is 25.0 Å². The molecular formula is C61H82Cl2FN13O8S2. The standard InChI is InChI=1S/C30H40ClN7O4S.C20H19ClFN5O4S.C11H23N/c1-29(2)14-12-21(34-29)7-6-18-37(4)23-8-5-9-26(32-23)43(40,41)36-28(39)22-10-11-24(33-27(22)31)38-19-13-25(35-38)42-20-17-30(3)15-16-30;1-20(8-9-20)10-12-31-16-7-11-27(25-16)15-6-5-13(18(21)24-15)19(28)26-32(29,30)17-4-2-3-14(22)23-17;1-4-5-6-7-10-8-9-11(2,3)12-10/h5,8-11,13,19,21,34H,6-7,12,14-18,20H2,1-4H3,(H,36,39);2-7,11H,8-10,12H2,1H3,(H,26,28);10,12H,4-9H2,1-3H3. The number of hydrogen-bond acceptors (Lipinski definition) is 17. The minimum atomic E-state index is -4.39. The van der Waals surface area contributed by atoms with Crippen LogP contribution >= 0.6 is 23.2 Å². The highest BCUT2D eigenvalue weighted by molar-refractivity contribution is 7.90. The zero-order chi connectivity index (χ0) is 62.8. The molecule has 2 saturated heterocycles. The van der Waals surface area contributed by atoms with Gasteiger partial charge in [0, 0.05) is 61.3 Å². The van der Waals surface area contributed by atoms with E-state index < -0.39 is 42.8 Å². The lowest BCUT2D eigenvalue weighted by Gasteiger charge is -2.22. The molecule has 6 aromatic rings. The first-order chi connectivity index (χ1) is 41.1. The number of anilines is 1. The fraction of sp³-hybridized carbons (Fsp3) is 0.541. The van der Waals surface area contributed by atoms with Gasteiger partial charge in [-0.05, 0) is 171 Å². The van der Waals surface area contributed by atoms with Crippen LogP contribution in [0.3, 0.4) is 0 Å². The van der Waals surface area contributed by atoms with Gasteiger partial charge in [-0.3, -0.25) is 9.59 Å². The molecule has 4 N–H and O–H groups in total. The molecule has 2 unspecified atom stereocenters. The predicted molar refractivity (Wildman–Crippen MR) is 332 cm³/mol. The molecule has 10 rings (SSSR count). The Morgan fingerprint density at radius 1 is 0.632 bits per heavy atom.